The van der Waals surface area contributed by atoms with E-state index in [1.54, 1.807) is 0 Å². The quantitative estimate of drug-likeness (QED) is 0.468. The number of benzene rings is 2. The van der Waals surface area contributed by atoms with Crippen LogP contribution in [-0.4, -0.2) is 85.5 Å². The molecular formula is C34H42N6O2. The highest BCUT2D eigenvalue weighted by Gasteiger charge is 2.29. The molecule has 2 amide bonds. The van der Waals surface area contributed by atoms with Crippen LogP contribution >= 0.6 is 0 Å². The predicted molar refractivity (Wildman–Crippen MR) is 169 cm³/mol. The average Bonchev–Trinajstić information content (AvgIpc) is 3.22. The van der Waals surface area contributed by atoms with Crippen molar-refractivity contribution < 1.29 is 9.59 Å². The number of carbonyl (C=O) groups is 2. The first-order valence-corrected chi connectivity index (χ1v) is 15.3. The Morgan fingerprint density at radius 1 is 0.976 bits per heavy atom. The largest absolute Gasteiger partial charge is 0.368 e. The first-order valence-electron chi connectivity index (χ1n) is 15.3. The minimum absolute atomic E-state index is 0.0270. The highest BCUT2D eigenvalue weighted by atomic mass is 16.2. The maximum absolute atomic E-state index is 13.7. The number of pyridine rings is 1. The third-order valence-corrected chi connectivity index (χ3v) is 9.14. The van der Waals surface area contributed by atoms with Crippen molar-refractivity contribution in [1.82, 2.24) is 20.1 Å². The van der Waals surface area contributed by atoms with Gasteiger partial charge in [-0.2, -0.15) is 0 Å². The molecule has 220 valence electrons. The van der Waals surface area contributed by atoms with Crippen LogP contribution < -0.4 is 15.1 Å². The first-order chi connectivity index (χ1) is 20.4. The SMILES string of the molecule is C=CC(=O)N1CCN(c2cc(C(=O)NC3CCCCN(C)C3)nc3c2CCN(c2cccc4cccc(C)c24)C3)CC1. The van der Waals surface area contributed by atoms with E-state index in [0.29, 0.717) is 25.3 Å². The van der Waals surface area contributed by atoms with Crippen molar-refractivity contribution in [3.05, 3.63) is 77.6 Å². The molecule has 1 aromatic heterocycles. The smallest absolute Gasteiger partial charge is 0.270 e. The Morgan fingerprint density at radius 3 is 2.55 bits per heavy atom. The van der Waals surface area contributed by atoms with E-state index < -0.39 is 0 Å². The maximum Gasteiger partial charge on any atom is 0.270 e. The number of carbonyl (C=O) groups excluding carboxylic acids is 2. The van der Waals surface area contributed by atoms with Crippen LogP contribution in [0.5, 0.6) is 0 Å². The van der Waals surface area contributed by atoms with E-state index >= 15 is 0 Å². The maximum atomic E-state index is 13.7. The number of amides is 2. The fourth-order valence-corrected chi connectivity index (χ4v) is 6.90. The summed E-state index contributed by atoms with van der Waals surface area (Å²) < 4.78 is 0. The Labute approximate surface area is 249 Å². The molecular weight excluding hydrogens is 524 g/mol. The molecule has 0 bridgehead atoms. The van der Waals surface area contributed by atoms with Crippen molar-refractivity contribution in [2.45, 2.75) is 45.2 Å². The number of rotatable bonds is 5. The van der Waals surface area contributed by atoms with Gasteiger partial charge in [-0.15, -0.1) is 0 Å². The van der Waals surface area contributed by atoms with Gasteiger partial charge >= 0.3 is 0 Å². The molecule has 3 aliphatic rings. The summed E-state index contributed by atoms with van der Waals surface area (Å²) in [5.74, 6) is -0.126. The molecule has 3 aliphatic heterocycles. The lowest BCUT2D eigenvalue weighted by molar-refractivity contribution is -0.126. The number of piperazine rings is 1. The van der Waals surface area contributed by atoms with Gasteiger partial charge < -0.3 is 24.9 Å². The molecule has 1 N–H and O–H groups in total. The van der Waals surface area contributed by atoms with Crippen LogP contribution in [0.4, 0.5) is 11.4 Å². The molecule has 42 heavy (non-hydrogen) atoms. The van der Waals surface area contributed by atoms with E-state index in [2.05, 4.69) is 77.0 Å². The van der Waals surface area contributed by atoms with Gasteiger partial charge in [-0.25, -0.2) is 4.98 Å². The van der Waals surface area contributed by atoms with Crippen molar-refractivity contribution in [1.29, 1.82) is 0 Å². The van der Waals surface area contributed by atoms with Gasteiger partial charge in [0.25, 0.3) is 5.91 Å². The number of hydrogen-bond acceptors (Lipinski definition) is 6. The number of nitrogens with zero attached hydrogens (tertiary/aromatic N) is 5. The molecule has 6 rings (SSSR count). The Balaban J connectivity index is 1.33. The molecule has 2 saturated heterocycles. The second-order valence-electron chi connectivity index (χ2n) is 12.0. The number of hydrogen-bond donors (Lipinski definition) is 1. The summed E-state index contributed by atoms with van der Waals surface area (Å²) in [5, 5.41) is 5.82. The van der Waals surface area contributed by atoms with E-state index in [1.807, 2.05) is 11.0 Å². The van der Waals surface area contributed by atoms with E-state index in [9.17, 15) is 9.59 Å². The van der Waals surface area contributed by atoms with Crippen LogP contribution in [0.2, 0.25) is 0 Å². The summed E-state index contributed by atoms with van der Waals surface area (Å²) >= 11 is 0. The number of anilines is 2. The summed E-state index contributed by atoms with van der Waals surface area (Å²) in [6.07, 6.45) is 5.50. The van der Waals surface area contributed by atoms with E-state index in [4.69, 9.17) is 4.98 Å². The van der Waals surface area contributed by atoms with Crippen molar-refractivity contribution in [3.8, 4) is 0 Å². The third kappa shape index (κ3) is 5.73. The van der Waals surface area contributed by atoms with Gasteiger partial charge in [0.2, 0.25) is 5.91 Å². The van der Waals surface area contributed by atoms with Gasteiger partial charge in [0, 0.05) is 67.6 Å². The normalized spacial score (nSPS) is 19.8. The van der Waals surface area contributed by atoms with E-state index in [1.165, 1.54) is 33.7 Å². The number of aryl methyl sites for hydroxylation is 1. The monoisotopic (exact) mass is 566 g/mol. The Kier molecular flexibility index (Phi) is 8.16. The zero-order valence-corrected chi connectivity index (χ0v) is 24.9. The van der Waals surface area contributed by atoms with E-state index in [0.717, 1.165) is 69.8 Å². The number of nitrogens with one attached hydrogen (secondary N) is 1. The highest BCUT2D eigenvalue weighted by molar-refractivity contribution is 5.97. The summed E-state index contributed by atoms with van der Waals surface area (Å²) in [4.78, 5) is 39.9. The predicted octanol–water partition coefficient (Wildman–Crippen LogP) is 4.15. The summed E-state index contributed by atoms with van der Waals surface area (Å²) in [5.41, 5.74) is 6.23. The fourth-order valence-electron chi connectivity index (χ4n) is 6.90. The molecule has 1 atom stereocenters. The van der Waals surface area contributed by atoms with Gasteiger partial charge in [0.05, 0.1) is 12.2 Å². The molecule has 0 spiro atoms. The number of likely N-dealkylation sites (tertiary alicyclic amines) is 1. The third-order valence-electron chi connectivity index (χ3n) is 9.14. The van der Waals surface area contributed by atoms with Crippen molar-refractivity contribution >= 4 is 34.0 Å². The molecule has 1 unspecified atom stereocenters. The van der Waals surface area contributed by atoms with Crippen LogP contribution in [0.25, 0.3) is 10.8 Å². The Morgan fingerprint density at radius 2 is 1.76 bits per heavy atom. The Hall–Kier alpha value is -3.91. The highest BCUT2D eigenvalue weighted by Crippen LogP contribution is 2.35. The van der Waals surface area contributed by atoms with Gasteiger partial charge in [0.15, 0.2) is 0 Å². The van der Waals surface area contributed by atoms with Crippen LogP contribution in [0.1, 0.15) is 46.6 Å². The van der Waals surface area contributed by atoms with Crippen molar-refractivity contribution in [3.63, 3.8) is 0 Å². The number of fused-ring (bicyclic) bond motifs is 2. The van der Waals surface area contributed by atoms with Gasteiger partial charge in [-0.1, -0.05) is 43.3 Å². The van der Waals surface area contributed by atoms with Crippen LogP contribution in [-0.2, 0) is 17.8 Å². The minimum atomic E-state index is -0.0991. The number of aromatic nitrogens is 1. The molecule has 0 aliphatic carbocycles. The zero-order valence-electron chi connectivity index (χ0n) is 24.9. The second-order valence-corrected chi connectivity index (χ2v) is 12.0. The molecule has 3 aromatic rings. The Bertz CT molecular complexity index is 1490. The minimum Gasteiger partial charge on any atom is -0.368 e. The summed E-state index contributed by atoms with van der Waals surface area (Å²) in [6, 6.07) is 15.1. The molecule has 0 saturated carbocycles. The molecule has 2 aromatic carbocycles. The van der Waals surface area contributed by atoms with Gasteiger partial charge in [-0.3, -0.25) is 9.59 Å². The van der Waals surface area contributed by atoms with Crippen LogP contribution in [0, 0.1) is 6.92 Å². The van der Waals surface area contributed by atoms with Gasteiger partial charge in [0.1, 0.15) is 5.69 Å². The van der Waals surface area contributed by atoms with Crippen LogP contribution in [0.15, 0.2) is 55.1 Å². The van der Waals surface area contributed by atoms with Gasteiger partial charge in [-0.05, 0) is 68.9 Å². The summed E-state index contributed by atoms with van der Waals surface area (Å²) in [7, 11) is 2.13. The molecule has 2 fully saturated rings. The van der Waals surface area contributed by atoms with Crippen LogP contribution in [0.3, 0.4) is 0 Å². The first kappa shape index (κ1) is 28.2. The second kappa shape index (κ2) is 12.1. The molecule has 8 nitrogen and oxygen atoms in total. The van der Waals surface area contributed by atoms with Crippen molar-refractivity contribution in [2.24, 2.45) is 0 Å². The standard InChI is InChI=1S/C34H42N6O2/c1-4-32(41)39-19-17-38(18-20-39)31-21-28(34(42)35-26-12-5-6-15-37(3)22-26)36-29-23-40(16-14-27(29)31)30-13-8-11-25-10-7-9-24(2)33(25)30/h4,7-11,13,21,26H,1,5-6,12,14-20,22-23H2,2-3H3,(H,35,42). The molecule has 0 radical (unpaired) electrons. The summed E-state index contributed by atoms with van der Waals surface area (Å²) in [6.45, 7) is 12.0. The van der Waals surface area contributed by atoms with Crippen molar-refractivity contribution in [2.75, 3.05) is 62.7 Å². The number of likely N-dealkylation sites (N-methyl/N-ethyl adjacent to an activating group) is 1. The topological polar surface area (TPSA) is 72.0 Å². The zero-order chi connectivity index (χ0) is 29.2. The lowest BCUT2D eigenvalue weighted by atomic mass is 9.97. The van der Waals surface area contributed by atoms with E-state index in [-0.39, 0.29) is 17.9 Å². The fraction of sp³-hybridized carbons (Fsp3) is 0.441. The lowest BCUT2D eigenvalue weighted by Gasteiger charge is -2.39. The molecule has 8 heteroatoms. The lowest BCUT2D eigenvalue weighted by Crippen LogP contribution is -2.49. The average molecular weight is 567 g/mol. The molecule has 4 heterocycles.